The third-order valence-corrected chi connectivity index (χ3v) is 3.79. The lowest BCUT2D eigenvalue weighted by Gasteiger charge is -2.31. The predicted octanol–water partition coefficient (Wildman–Crippen LogP) is 2.39. The normalized spacial score (nSPS) is 26.4. The molecule has 1 fully saturated rings. The van der Waals surface area contributed by atoms with Crippen molar-refractivity contribution in [1.82, 2.24) is 10.2 Å². The fourth-order valence-electron chi connectivity index (χ4n) is 2.65. The first-order chi connectivity index (χ1) is 8.00. The van der Waals surface area contributed by atoms with Crippen LogP contribution in [0.15, 0.2) is 0 Å². The highest BCUT2D eigenvalue weighted by atomic mass is 15.2. The Morgan fingerprint density at radius 3 is 2.76 bits per heavy atom. The highest BCUT2D eigenvalue weighted by Gasteiger charge is 2.30. The predicted molar refractivity (Wildman–Crippen MR) is 71.7 cm³/mol. The number of rotatable bonds is 6. The van der Waals surface area contributed by atoms with Crippen LogP contribution in [0, 0.1) is 17.2 Å². The Hall–Kier alpha value is -0.590. The average Bonchev–Trinajstić information content (AvgIpc) is 2.73. The van der Waals surface area contributed by atoms with Crippen LogP contribution in [0.25, 0.3) is 0 Å². The van der Waals surface area contributed by atoms with Gasteiger partial charge < -0.3 is 4.90 Å². The summed E-state index contributed by atoms with van der Waals surface area (Å²) in [5.74, 6) is 0.814. The van der Waals surface area contributed by atoms with Gasteiger partial charge in [-0.05, 0) is 52.1 Å². The summed E-state index contributed by atoms with van der Waals surface area (Å²) in [4.78, 5) is 2.52. The molecule has 0 aromatic rings. The molecule has 0 saturated carbocycles. The molecule has 0 bridgehead atoms. The molecular formula is C14H27N3. The van der Waals surface area contributed by atoms with Crippen molar-refractivity contribution >= 4 is 0 Å². The van der Waals surface area contributed by atoms with E-state index in [0.717, 1.165) is 25.3 Å². The molecule has 3 nitrogen and oxygen atoms in total. The Bertz CT molecular complexity index is 271. The Labute approximate surface area is 106 Å². The van der Waals surface area contributed by atoms with Gasteiger partial charge in [-0.1, -0.05) is 13.8 Å². The molecule has 3 heteroatoms. The average molecular weight is 237 g/mol. The second-order valence-electron chi connectivity index (χ2n) is 5.81. The lowest BCUT2D eigenvalue weighted by molar-refractivity contribution is 0.208. The zero-order valence-electron chi connectivity index (χ0n) is 11.8. The first kappa shape index (κ1) is 14.5. The van der Waals surface area contributed by atoms with Crippen molar-refractivity contribution in [2.75, 3.05) is 19.6 Å². The van der Waals surface area contributed by atoms with Crippen LogP contribution in [0.4, 0.5) is 0 Å². The van der Waals surface area contributed by atoms with Gasteiger partial charge in [0.1, 0.15) is 5.54 Å². The molecule has 3 unspecified atom stereocenters. The monoisotopic (exact) mass is 237 g/mol. The van der Waals surface area contributed by atoms with Gasteiger partial charge >= 0.3 is 0 Å². The Balaban J connectivity index is 2.47. The van der Waals surface area contributed by atoms with Crippen LogP contribution in [0.1, 0.15) is 47.0 Å². The van der Waals surface area contributed by atoms with Crippen LogP contribution in [0.3, 0.4) is 0 Å². The molecular weight excluding hydrogens is 210 g/mol. The Kier molecular flexibility index (Phi) is 5.42. The van der Waals surface area contributed by atoms with Crippen molar-refractivity contribution in [1.29, 1.82) is 5.26 Å². The van der Waals surface area contributed by atoms with Gasteiger partial charge in [0, 0.05) is 12.6 Å². The highest BCUT2D eigenvalue weighted by Crippen LogP contribution is 2.22. The number of hydrogen-bond donors (Lipinski definition) is 1. The number of likely N-dealkylation sites (tertiary alicyclic amines) is 1. The van der Waals surface area contributed by atoms with E-state index in [-0.39, 0.29) is 5.54 Å². The first-order valence-corrected chi connectivity index (χ1v) is 6.91. The molecule has 3 atom stereocenters. The zero-order chi connectivity index (χ0) is 12.9. The third-order valence-electron chi connectivity index (χ3n) is 3.79. The largest absolute Gasteiger partial charge is 0.300 e. The van der Waals surface area contributed by atoms with Gasteiger partial charge in [-0.3, -0.25) is 5.32 Å². The Morgan fingerprint density at radius 2 is 2.29 bits per heavy atom. The van der Waals surface area contributed by atoms with E-state index < -0.39 is 0 Å². The molecule has 1 N–H and O–H groups in total. The quantitative estimate of drug-likeness (QED) is 0.771. The molecule has 0 aromatic carbocycles. The summed E-state index contributed by atoms with van der Waals surface area (Å²) in [5.41, 5.74) is -0.374. The molecule has 1 heterocycles. The molecule has 98 valence electrons. The molecule has 0 amide bonds. The number of nitrogens with one attached hydrogen (secondary N) is 1. The van der Waals surface area contributed by atoms with Gasteiger partial charge in [-0.25, -0.2) is 0 Å². The summed E-state index contributed by atoms with van der Waals surface area (Å²) < 4.78 is 0. The van der Waals surface area contributed by atoms with Gasteiger partial charge in [0.25, 0.3) is 0 Å². The van der Waals surface area contributed by atoms with Crippen molar-refractivity contribution in [3.63, 3.8) is 0 Å². The molecule has 0 aromatic heterocycles. The Morgan fingerprint density at radius 1 is 1.59 bits per heavy atom. The van der Waals surface area contributed by atoms with E-state index in [1.807, 2.05) is 6.92 Å². The van der Waals surface area contributed by atoms with Crippen LogP contribution in [-0.2, 0) is 0 Å². The van der Waals surface area contributed by atoms with E-state index in [4.69, 9.17) is 0 Å². The number of nitriles is 1. The van der Waals surface area contributed by atoms with Crippen LogP contribution in [-0.4, -0.2) is 36.1 Å². The smallest absolute Gasteiger partial charge is 0.105 e. The maximum Gasteiger partial charge on any atom is 0.105 e. The molecule has 1 aliphatic rings. The highest BCUT2D eigenvalue weighted by molar-refractivity contribution is 5.05. The molecule has 17 heavy (non-hydrogen) atoms. The van der Waals surface area contributed by atoms with Gasteiger partial charge in [0.15, 0.2) is 0 Å². The minimum atomic E-state index is -0.374. The van der Waals surface area contributed by atoms with E-state index in [0.29, 0.717) is 6.04 Å². The van der Waals surface area contributed by atoms with Crippen molar-refractivity contribution in [3.8, 4) is 6.07 Å². The summed E-state index contributed by atoms with van der Waals surface area (Å²) >= 11 is 0. The zero-order valence-corrected chi connectivity index (χ0v) is 11.8. The van der Waals surface area contributed by atoms with Crippen LogP contribution < -0.4 is 5.32 Å². The molecule has 1 aliphatic heterocycles. The maximum absolute atomic E-state index is 9.32. The van der Waals surface area contributed by atoms with Gasteiger partial charge in [-0.15, -0.1) is 0 Å². The lowest BCUT2D eigenvalue weighted by Crippen LogP contribution is -2.47. The molecule has 1 rings (SSSR count). The SMILES string of the molecule is CCCNC(C)(C#N)CC(C)N1CCC(C)C1. The van der Waals surface area contributed by atoms with Crippen LogP contribution in [0.5, 0.6) is 0 Å². The summed E-state index contributed by atoms with van der Waals surface area (Å²) in [6.07, 6.45) is 3.29. The molecule has 0 radical (unpaired) electrons. The number of hydrogen-bond acceptors (Lipinski definition) is 3. The van der Waals surface area contributed by atoms with E-state index >= 15 is 0 Å². The molecule has 1 saturated heterocycles. The van der Waals surface area contributed by atoms with Gasteiger partial charge in [0.2, 0.25) is 0 Å². The minimum absolute atomic E-state index is 0.374. The topological polar surface area (TPSA) is 39.1 Å². The summed E-state index contributed by atoms with van der Waals surface area (Å²) in [6, 6.07) is 2.94. The summed E-state index contributed by atoms with van der Waals surface area (Å²) in [7, 11) is 0. The summed E-state index contributed by atoms with van der Waals surface area (Å²) in [6.45, 7) is 12.0. The van der Waals surface area contributed by atoms with Crippen molar-refractivity contribution < 1.29 is 0 Å². The van der Waals surface area contributed by atoms with E-state index in [9.17, 15) is 5.26 Å². The third kappa shape index (κ3) is 4.29. The van der Waals surface area contributed by atoms with Gasteiger partial charge in [-0.2, -0.15) is 5.26 Å². The van der Waals surface area contributed by atoms with Crippen LogP contribution in [0.2, 0.25) is 0 Å². The maximum atomic E-state index is 9.32. The van der Waals surface area contributed by atoms with Crippen LogP contribution >= 0.6 is 0 Å². The van der Waals surface area contributed by atoms with Crippen molar-refractivity contribution in [2.45, 2.75) is 58.5 Å². The lowest BCUT2D eigenvalue weighted by atomic mass is 9.94. The molecule has 0 spiro atoms. The van der Waals surface area contributed by atoms with E-state index in [1.165, 1.54) is 19.5 Å². The molecule has 0 aliphatic carbocycles. The fourth-order valence-corrected chi connectivity index (χ4v) is 2.65. The summed E-state index contributed by atoms with van der Waals surface area (Å²) in [5, 5.41) is 12.7. The standard InChI is InChI=1S/C14H27N3/c1-5-7-16-14(4,11-15)9-13(3)17-8-6-12(2)10-17/h12-13,16H,5-10H2,1-4H3. The van der Waals surface area contributed by atoms with Gasteiger partial charge in [0.05, 0.1) is 6.07 Å². The fraction of sp³-hybridized carbons (Fsp3) is 0.929. The first-order valence-electron chi connectivity index (χ1n) is 6.91. The van der Waals surface area contributed by atoms with Crippen molar-refractivity contribution in [2.24, 2.45) is 5.92 Å². The van der Waals surface area contributed by atoms with Crippen molar-refractivity contribution in [3.05, 3.63) is 0 Å². The van der Waals surface area contributed by atoms with E-state index in [1.54, 1.807) is 0 Å². The van der Waals surface area contributed by atoms with E-state index in [2.05, 4.69) is 37.1 Å². The second kappa shape index (κ2) is 6.37. The number of nitrogens with zero attached hydrogens (tertiary/aromatic N) is 2. The second-order valence-corrected chi connectivity index (χ2v) is 5.81. The minimum Gasteiger partial charge on any atom is -0.300 e.